The Hall–Kier alpha value is -1.97. The van der Waals surface area contributed by atoms with Crippen molar-refractivity contribution in [3.8, 4) is 11.3 Å². The van der Waals surface area contributed by atoms with E-state index in [-0.39, 0.29) is 5.95 Å². The van der Waals surface area contributed by atoms with Gasteiger partial charge >= 0.3 is 0 Å². The van der Waals surface area contributed by atoms with Crippen molar-refractivity contribution in [2.75, 3.05) is 5.73 Å². The summed E-state index contributed by atoms with van der Waals surface area (Å²) >= 11 is 0. The van der Waals surface area contributed by atoms with Crippen molar-refractivity contribution in [1.29, 1.82) is 0 Å². The zero-order valence-corrected chi connectivity index (χ0v) is 9.38. The molecule has 1 heterocycles. The highest BCUT2D eigenvalue weighted by atomic mass is 15.2. The zero-order chi connectivity index (χ0) is 11.5. The van der Waals surface area contributed by atoms with Crippen molar-refractivity contribution >= 4 is 5.95 Å². The van der Waals surface area contributed by atoms with E-state index in [1.807, 2.05) is 12.1 Å². The van der Waals surface area contributed by atoms with Crippen molar-refractivity contribution < 1.29 is 0 Å². The molecular weight excluding hydrogens is 200 g/mol. The molecule has 2 N–H and O–H groups in total. The second-order valence-corrected chi connectivity index (χ2v) is 3.98. The monoisotopic (exact) mass is 214 g/mol. The van der Waals surface area contributed by atoms with Gasteiger partial charge in [-0.1, -0.05) is 38.1 Å². The van der Waals surface area contributed by atoms with Gasteiger partial charge in [0.25, 0.3) is 0 Å². The van der Waals surface area contributed by atoms with Gasteiger partial charge in [0.2, 0.25) is 5.95 Å². The minimum atomic E-state index is 0.199. The van der Waals surface area contributed by atoms with Gasteiger partial charge in [0.15, 0.2) is 0 Å². The third kappa shape index (κ3) is 2.16. The first-order valence-corrected chi connectivity index (χ1v) is 5.22. The highest BCUT2D eigenvalue weighted by Gasteiger charge is 2.03. The first-order chi connectivity index (χ1) is 7.66. The maximum atomic E-state index is 5.49. The van der Waals surface area contributed by atoms with Crippen LogP contribution in [-0.4, -0.2) is 15.2 Å². The molecule has 0 radical (unpaired) electrons. The molecule has 0 unspecified atom stereocenters. The number of hydrogen-bond acceptors (Lipinski definition) is 4. The fourth-order valence-electron chi connectivity index (χ4n) is 1.50. The number of rotatable bonds is 2. The van der Waals surface area contributed by atoms with Gasteiger partial charge in [-0.3, -0.25) is 0 Å². The number of nitrogens with two attached hydrogens (primary N) is 1. The number of benzene rings is 1. The molecule has 0 aliphatic rings. The fraction of sp³-hybridized carbons (Fsp3) is 0.250. The molecule has 0 saturated carbocycles. The molecule has 0 spiro atoms. The van der Waals surface area contributed by atoms with Crippen LogP contribution in [0.4, 0.5) is 5.95 Å². The molecule has 0 fully saturated rings. The largest absolute Gasteiger partial charge is 0.366 e. The summed E-state index contributed by atoms with van der Waals surface area (Å²) in [5, 5.41) is 7.41. The normalized spacial score (nSPS) is 10.7. The van der Waals surface area contributed by atoms with Crippen LogP contribution < -0.4 is 5.73 Å². The van der Waals surface area contributed by atoms with Gasteiger partial charge in [-0.05, 0) is 11.5 Å². The van der Waals surface area contributed by atoms with E-state index in [1.54, 1.807) is 6.20 Å². The van der Waals surface area contributed by atoms with Gasteiger partial charge in [-0.2, -0.15) is 5.10 Å². The molecule has 0 aliphatic heterocycles. The summed E-state index contributed by atoms with van der Waals surface area (Å²) in [6, 6.07) is 8.24. The Morgan fingerprint density at radius 1 is 1.12 bits per heavy atom. The van der Waals surface area contributed by atoms with Gasteiger partial charge in [-0.25, -0.2) is 4.98 Å². The lowest BCUT2D eigenvalue weighted by molar-refractivity contribution is 0.867. The topological polar surface area (TPSA) is 64.7 Å². The molecule has 1 aromatic carbocycles. The van der Waals surface area contributed by atoms with Crippen molar-refractivity contribution in [3.63, 3.8) is 0 Å². The Labute approximate surface area is 94.6 Å². The van der Waals surface area contributed by atoms with Crippen molar-refractivity contribution in [2.24, 2.45) is 0 Å². The molecule has 1 aromatic heterocycles. The summed E-state index contributed by atoms with van der Waals surface area (Å²) in [5.41, 5.74) is 8.55. The molecule has 2 aromatic rings. The first-order valence-electron chi connectivity index (χ1n) is 5.22. The van der Waals surface area contributed by atoms with Crippen LogP contribution in [0.2, 0.25) is 0 Å². The van der Waals surface area contributed by atoms with Crippen LogP contribution in [0.3, 0.4) is 0 Å². The van der Waals surface area contributed by atoms with Crippen LogP contribution in [0.25, 0.3) is 11.3 Å². The SMILES string of the molecule is CC(C)c1ccc(-c2cnnc(N)n2)cc1. The number of anilines is 1. The summed E-state index contributed by atoms with van der Waals surface area (Å²) in [7, 11) is 0. The molecule has 2 rings (SSSR count). The van der Waals surface area contributed by atoms with E-state index >= 15 is 0 Å². The second-order valence-electron chi connectivity index (χ2n) is 3.98. The molecule has 16 heavy (non-hydrogen) atoms. The predicted octanol–water partition coefficient (Wildman–Crippen LogP) is 2.24. The third-order valence-corrected chi connectivity index (χ3v) is 2.45. The zero-order valence-electron chi connectivity index (χ0n) is 9.38. The first kappa shape index (κ1) is 10.5. The van der Waals surface area contributed by atoms with Crippen LogP contribution in [-0.2, 0) is 0 Å². The average molecular weight is 214 g/mol. The van der Waals surface area contributed by atoms with E-state index in [1.165, 1.54) is 5.56 Å². The summed E-state index contributed by atoms with van der Waals surface area (Å²) in [5.74, 6) is 0.730. The quantitative estimate of drug-likeness (QED) is 0.832. The van der Waals surface area contributed by atoms with Crippen molar-refractivity contribution in [1.82, 2.24) is 15.2 Å². The van der Waals surface area contributed by atoms with Crippen LogP contribution in [0, 0.1) is 0 Å². The lowest BCUT2D eigenvalue weighted by Crippen LogP contribution is -1.98. The van der Waals surface area contributed by atoms with Crippen molar-refractivity contribution in [2.45, 2.75) is 19.8 Å². The Kier molecular flexibility index (Phi) is 2.81. The molecule has 82 valence electrons. The number of nitrogen functional groups attached to an aromatic ring is 1. The standard InChI is InChI=1S/C12H14N4/c1-8(2)9-3-5-10(6-4-9)11-7-14-16-12(13)15-11/h3-8H,1-2H3,(H2,13,15,16). The lowest BCUT2D eigenvalue weighted by atomic mass is 10.0. The van der Waals surface area contributed by atoms with E-state index < -0.39 is 0 Å². The van der Waals surface area contributed by atoms with Gasteiger partial charge in [0, 0.05) is 5.56 Å². The average Bonchev–Trinajstić information content (AvgIpc) is 2.29. The Balaban J connectivity index is 2.35. The summed E-state index contributed by atoms with van der Waals surface area (Å²) in [6.45, 7) is 4.33. The molecule has 0 amide bonds. The minimum absolute atomic E-state index is 0.199. The highest BCUT2D eigenvalue weighted by molar-refractivity contribution is 5.59. The summed E-state index contributed by atoms with van der Waals surface area (Å²) in [6.07, 6.45) is 1.61. The predicted molar refractivity (Wildman–Crippen MR) is 63.8 cm³/mol. The van der Waals surface area contributed by atoms with Gasteiger partial charge in [0.1, 0.15) is 0 Å². The van der Waals surface area contributed by atoms with E-state index in [0.29, 0.717) is 5.92 Å². The van der Waals surface area contributed by atoms with Crippen LogP contribution >= 0.6 is 0 Å². The van der Waals surface area contributed by atoms with E-state index in [9.17, 15) is 0 Å². The molecule has 0 aliphatic carbocycles. The Morgan fingerprint density at radius 3 is 2.38 bits per heavy atom. The molecule has 0 atom stereocenters. The number of hydrogen-bond donors (Lipinski definition) is 1. The van der Waals surface area contributed by atoms with Crippen molar-refractivity contribution in [3.05, 3.63) is 36.0 Å². The van der Waals surface area contributed by atoms with Crippen LogP contribution in [0.15, 0.2) is 30.5 Å². The van der Waals surface area contributed by atoms with Gasteiger partial charge < -0.3 is 5.73 Å². The maximum Gasteiger partial charge on any atom is 0.240 e. The summed E-state index contributed by atoms with van der Waals surface area (Å²) in [4.78, 5) is 4.12. The fourth-order valence-corrected chi connectivity index (χ4v) is 1.50. The second kappa shape index (κ2) is 4.26. The lowest BCUT2D eigenvalue weighted by Gasteiger charge is -2.06. The van der Waals surface area contributed by atoms with Gasteiger partial charge in [-0.15, -0.1) is 5.10 Å². The van der Waals surface area contributed by atoms with E-state index in [2.05, 4.69) is 41.2 Å². The van der Waals surface area contributed by atoms with Crippen LogP contribution in [0.5, 0.6) is 0 Å². The molecule has 0 saturated heterocycles. The minimum Gasteiger partial charge on any atom is -0.366 e. The molecule has 4 heteroatoms. The molecule has 4 nitrogen and oxygen atoms in total. The third-order valence-electron chi connectivity index (χ3n) is 2.45. The Bertz CT molecular complexity index is 477. The van der Waals surface area contributed by atoms with E-state index in [4.69, 9.17) is 5.73 Å². The molecule has 0 bridgehead atoms. The van der Waals surface area contributed by atoms with E-state index in [0.717, 1.165) is 11.3 Å². The Morgan fingerprint density at radius 2 is 1.81 bits per heavy atom. The molecular formula is C12H14N4. The highest BCUT2D eigenvalue weighted by Crippen LogP contribution is 2.20. The van der Waals surface area contributed by atoms with Gasteiger partial charge in [0.05, 0.1) is 11.9 Å². The maximum absolute atomic E-state index is 5.49. The number of nitrogens with zero attached hydrogens (tertiary/aromatic N) is 3. The summed E-state index contributed by atoms with van der Waals surface area (Å²) < 4.78 is 0. The van der Waals surface area contributed by atoms with Crippen LogP contribution in [0.1, 0.15) is 25.3 Å². The smallest absolute Gasteiger partial charge is 0.240 e. The number of aromatic nitrogens is 3.